The van der Waals surface area contributed by atoms with Gasteiger partial charge in [0.05, 0.1) is 21.8 Å². The Balaban J connectivity index is -0.000000428. The fourth-order valence-electron chi connectivity index (χ4n) is 1.70. The summed E-state index contributed by atoms with van der Waals surface area (Å²) in [6, 6.07) is 6.16. The highest BCUT2D eigenvalue weighted by atomic mass is 16.6. The number of nitrogens with zero attached hydrogens (tertiary/aromatic N) is 2. The van der Waals surface area contributed by atoms with E-state index in [1.807, 2.05) is 0 Å². The third-order valence-electron chi connectivity index (χ3n) is 3.18. The molecule has 178 valence electrons. The number of quaternary nitrogens is 2. The number of rotatable bonds is 5. The molecule has 0 fully saturated rings. The second kappa shape index (κ2) is 15.5. The number of nitrogen functional groups attached to an aromatic ring is 2. The molecular formula is C16H24N6O10. The summed E-state index contributed by atoms with van der Waals surface area (Å²) in [6.45, 7) is 1.92. The van der Waals surface area contributed by atoms with Crippen LogP contribution in [0.2, 0.25) is 0 Å². The highest BCUT2D eigenvalue weighted by Gasteiger charge is 2.09. The summed E-state index contributed by atoms with van der Waals surface area (Å²) in [5.74, 6) is -2.90. The van der Waals surface area contributed by atoms with E-state index in [0.29, 0.717) is 0 Å². The zero-order valence-corrected chi connectivity index (χ0v) is 16.6. The van der Waals surface area contributed by atoms with Crippen molar-refractivity contribution in [3.8, 4) is 0 Å². The first-order chi connectivity index (χ1) is 14.0. The van der Waals surface area contributed by atoms with Gasteiger partial charge in [-0.3, -0.25) is 20.2 Å². The standard InChI is InChI=1S/2C7H6N2O4.C2H8N2.2H2O/c2*8-6-3-4(9(12)13)1-2-5(6)7(10)11;3-1-2-4;;/h2*1-3H,8H2,(H,10,11);1-4H2;2*1H2. The molecule has 32 heavy (non-hydrogen) atoms. The maximum absolute atomic E-state index is 10.3. The number of anilines is 2. The van der Waals surface area contributed by atoms with Crippen LogP contribution in [0.5, 0.6) is 0 Å². The van der Waals surface area contributed by atoms with Crippen LogP contribution >= 0.6 is 0 Å². The molecule has 0 aliphatic carbocycles. The molecule has 2 aromatic rings. The smallest absolute Gasteiger partial charge is 0.271 e. The molecule has 2 aromatic carbocycles. The van der Waals surface area contributed by atoms with Crippen molar-refractivity contribution in [3.05, 3.63) is 67.8 Å². The van der Waals surface area contributed by atoms with Crippen LogP contribution < -0.4 is 33.1 Å². The third-order valence-corrected chi connectivity index (χ3v) is 3.18. The summed E-state index contributed by atoms with van der Waals surface area (Å²) in [7, 11) is 0. The fourth-order valence-corrected chi connectivity index (χ4v) is 1.70. The van der Waals surface area contributed by atoms with Gasteiger partial charge in [0.2, 0.25) is 0 Å². The van der Waals surface area contributed by atoms with Gasteiger partial charge >= 0.3 is 0 Å². The zero-order valence-electron chi connectivity index (χ0n) is 16.6. The fraction of sp³-hybridized carbons (Fsp3) is 0.125. The molecule has 0 radical (unpaired) electrons. The number of nitro benzene ring substituents is 2. The van der Waals surface area contributed by atoms with Crippen LogP contribution in [0.3, 0.4) is 0 Å². The van der Waals surface area contributed by atoms with Gasteiger partial charge < -0.3 is 53.7 Å². The van der Waals surface area contributed by atoms with Gasteiger partial charge in [-0.05, 0) is 12.1 Å². The maximum atomic E-state index is 10.3. The molecule has 0 spiro atoms. The van der Waals surface area contributed by atoms with E-state index in [2.05, 4.69) is 11.5 Å². The molecule has 0 saturated carbocycles. The summed E-state index contributed by atoms with van der Waals surface area (Å²) in [5, 5.41) is 41.1. The van der Waals surface area contributed by atoms with Gasteiger partial charge in [0.1, 0.15) is 13.1 Å². The largest absolute Gasteiger partial charge is 0.545 e. The molecule has 0 atom stereocenters. The number of carbonyl (C=O) groups excluding carboxylic acids is 2. The van der Waals surface area contributed by atoms with Crippen molar-refractivity contribution in [2.24, 2.45) is 0 Å². The van der Waals surface area contributed by atoms with Crippen molar-refractivity contribution in [2.75, 3.05) is 24.6 Å². The first kappa shape index (κ1) is 32.3. The summed E-state index contributed by atoms with van der Waals surface area (Å²) in [6.07, 6.45) is 0. The zero-order chi connectivity index (χ0) is 23.4. The molecule has 0 bridgehead atoms. The Kier molecular flexibility index (Phi) is 15.6. The van der Waals surface area contributed by atoms with E-state index >= 15 is 0 Å². The Labute approximate surface area is 179 Å². The van der Waals surface area contributed by atoms with E-state index in [-0.39, 0.29) is 44.8 Å². The van der Waals surface area contributed by atoms with Crippen molar-refractivity contribution < 1.29 is 52.1 Å². The van der Waals surface area contributed by atoms with Crippen molar-refractivity contribution in [1.82, 2.24) is 0 Å². The summed E-state index contributed by atoms with van der Waals surface area (Å²) >= 11 is 0. The normalized spacial score (nSPS) is 8.69. The molecule has 0 unspecified atom stereocenters. The van der Waals surface area contributed by atoms with Crippen LogP contribution in [0.4, 0.5) is 22.7 Å². The van der Waals surface area contributed by atoms with Crippen molar-refractivity contribution in [1.29, 1.82) is 0 Å². The summed E-state index contributed by atoms with van der Waals surface area (Å²) in [4.78, 5) is 39.8. The number of carbonyl (C=O) groups is 2. The highest BCUT2D eigenvalue weighted by Crippen LogP contribution is 2.19. The minimum Gasteiger partial charge on any atom is -0.545 e. The van der Waals surface area contributed by atoms with E-state index in [1.165, 1.54) is 0 Å². The number of nitrogens with two attached hydrogens (primary N) is 2. The van der Waals surface area contributed by atoms with Crippen LogP contribution in [0.1, 0.15) is 20.7 Å². The van der Waals surface area contributed by atoms with E-state index in [0.717, 1.165) is 49.5 Å². The monoisotopic (exact) mass is 460 g/mol. The van der Waals surface area contributed by atoms with Gasteiger partial charge in [-0.25, -0.2) is 0 Å². The Morgan fingerprint density at radius 2 is 1.03 bits per heavy atom. The van der Waals surface area contributed by atoms with E-state index in [1.54, 1.807) is 0 Å². The molecule has 0 saturated heterocycles. The van der Waals surface area contributed by atoms with Crippen molar-refractivity contribution in [3.63, 3.8) is 0 Å². The van der Waals surface area contributed by atoms with Crippen LogP contribution in [0.15, 0.2) is 36.4 Å². The lowest BCUT2D eigenvalue weighted by Gasteiger charge is -2.04. The van der Waals surface area contributed by atoms with Crippen molar-refractivity contribution in [2.45, 2.75) is 0 Å². The summed E-state index contributed by atoms with van der Waals surface area (Å²) < 4.78 is 0. The Morgan fingerprint density at radius 1 is 0.750 bits per heavy atom. The number of aromatic carboxylic acids is 2. The quantitative estimate of drug-likeness (QED) is 0.186. The van der Waals surface area contributed by atoms with Gasteiger partial charge in [0.25, 0.3) is 11.4 Å². The van der Waals surface area contributed by atoms with Crippen LogP contribution in [-0.2, 0) is 0 Å². The number of carboxylic acids is 2. The SMILES string of the molecule is Nc1cc([N+](=O)[O-])ccc1C(=O)[O-].Nc1cc([N+](=O)[O-])ccc1C(=O)[O-].O.O.[NH3+]CC[NH3+]. The predicted molar refractivity (Wildman–Crippen MR) is 106 cm³/mol. The second-order valence-electron chi connectivity index (χ2n) is 5.34. The number of benzene rings is 2. The summed E-state index contributed by atoms with van der Waals surface area (Å²) in [5.41, 5.74) is 16.2. The number of nitro groups is 2. The minimum absolute atomic E-state index is 0. The first-order valence-electron chi connectivity index (χ1n) is 8.05. The first-order valence-corrected chi connectivity index (χ1v) is 8.05. The highest BCUT2D eigenvalue weighted by molar-refractivity contribution is 5.93. The average Bonchev–Trinajstić information content (AvgIpc) is 2.67. The van der Waals surface area contributed by atoms with Gasteiger partial charge in [-0.15, -0.1) is 0 Å². The third kappa shape index (κ3) is 10.4. The molecule has 0 amide bonds. The molecule has 16 heteroatoms. The van der Waals surface area contributed by atoms with Crippen LogP contribution in [0.25, 0.3) is 0 Å². The maximum Gasteiger partial charge on any atom is 0.271 e. The number of hydrogen-bond donors (Lipinski definition) is 4. The lowest BCUT2D eigenvalue weighted by atomic mass is 10.1. The Hall–Kier alpha value is -4.38. The van der Waals surface area contributed by atoms with Gasteiger partial charge in [-0.1, -0.05) is 0 Å². The predicted octanol–water partition coefficient (Wildman–Crippen LogP) is -5.10. The van der Waals surface area contributed by atoms with Crippen LogP contribution in [0, 0.1) is 20.2 Å². The van der Waals surface area contributed by atoms with E-state index in [4.69, 9.17) is 11.5 Å². The molecule has 0 aliphatic heterocycles. The average molecular weight is 460 g/mol. The minimum atomic E-state index is -1.45. The second-order valence-corrected chi connectivity index (χ2v) is 5.34. The Bertz CT molecular complexity index is 862. The van der Waals surface area contributed by atoms with Gasteiger partial charge in [-0.2, -0.15) is 0 Å². The number of hydrogen-bond acceptors (Lipinski definition) is 10. The lowest BCUT2D eigenvalue weighted by Crippen LogP contribution is -2.64. The molecule has 14 N–H and O–H groups in total. The topological polar surface area (TPSA) is 337 Å². The molecular weight excluding hydrogens is 436 g/mol. The van der Waals surface area contributed by atoms with Crippen molar-refractivity contribution >= 4 is 34.7 Å². The lowest BCUT2D eigenvalue weighted by molar-refractivity contribution is -0.453. The van der Waals surface area contributed by atoms with E-state index in [9.17, 15) is 40.0 Å². The van der Waals surface area contributed by atoms with Crippen LogP contribution in [-0.4, -0.2) is 45.8 Å². The van der Waals surface area contributed by atoms with E-state index < -0.39 is 21.8 Å². The Morgan fingerprint density at radius 3 is 1.19 bits per heavy atom. The molecule has 2 rings (SSSR count). The molecule has 16 nitrogen and oxygen atoms in total. The van der Waals surface area contributed by atoms with Gasteiger partial charge in [0.15, 0.2) is 0 Å². The number of carboxylic acid groups (broad SMARTS) is 2. The molecule has 0 aliphatic rings. The molecule has 0 heterocycles. The number of non-ortho nitro benzene ring substituents is 2. The van der Waals surface area contributed by atoms with Gasteiger partial charge in [0, 0.05) is 46.8 Å². The molecule has 0 aromatic heterocycles.